The molecule has 3 aliphatic carbocycles. The third kappa shape index (κ3) is 5.73. The van der Waals surface area contributed by atoms with Gasteiger partial charge in [0.15, 0.2) is 0 Å². The zero-order chi connectivity index (χ0) is 23.6. The van der Waals surface area contributed by atoms with E-state index in [2.05, 4.69) is 10.6 Å². The summed E-state index contributed by atoms with van der Waals surface area (Å²) >= 11 is 0. The summed E-state index contributed by atoms with van der Waals surface area (Å²) in [6.45, 7) is 2.39. The van der Waals surface area contributed by atoms with Crippen LogP contribution in [0.25, 0.3) is 0 Å². The molecule has 1 amide bonds. The summed E-state index contributed by atoms with van der Waals surface area (Å²) in [6, 6.07) is 4.74. The molecule has 7 N–H and O–H groups in total. The van der Waals surface area contributed by atoms with Gasteiger partial charge in [0.1, 0.15) is 5.76 Å². The van der Waals surface area contributed by atoms with E-state index in [1.54, 1.807) is 24.4 Å². The molecular weight excluding hydrogens is 422 g/mol. The predicted octanol–water partition coefficient (Wildman–Crippen LogP) is 1.92. The second-order valence-electron chi connectivity index (χ2n) is 9.37. The molecule has 4 rings (SSSR count). The molecule has 0 unspecified atom stereocenters. The van der Waals surface area contributed by atoms with Gasteiger partial charge in [0.05, 0.1) is 23.6 Å². The van der Waals surface area contributed by atoms with Gasteiger partial charge in [-0.1, -0.05) is 0 Å². The summed E-state index contributed by atoms with van der Waals surface area (Å²) in [5.41, 5.74) is 6.36. The van der Waals surface area contributed by atoms with E-state index in [9.17, 15) is 15.1 Å². The monoisotopic (exact) mass is 454 g/mol. The average molecular weight is 455 g/mol. The average Bonchev–Trinajstić information content (AvgIpc) is 3.60. The van der Waals surface area contributed by atoms with E-state index in [4.69, 9.17) is 15.9 Å². The van der Waals surface area contributed by atoms with Crippen LogP contribution in [0.2, 0.25) is 0 Å². The zero-order valence-corrected chi connectivity index (χ0v) is 18.8. The minimum Gasteiger partial charge on any atom is -0.491 e. The molecule has 2 fully saturated rings. The highest BCUT2D eigenvalue weighted by atomic mass is 16.5. The largest absolute Gasteiger partial charge is 0.491 e. The highest BCUT2D eigenvalue weighted by Gasteiger charge is 2.29. The smallest absolute Gasteiger partial charge is 0.312 e. The Morgan fingerprint density at radius 1 is 1.30 bits per heavy atom. The number of rotatable bonds is 7. The van der Waals surface area contributed by atoms with Gasteiger partial charge < -0.3 is 31.1 Å². The van der Waals surface area contributed by atoms with Gasteiger partial charge in [-0.2, -0.15) is 0 Å². The van der Waals surface area contributed by atoms with Gasteiger partial charge in [0, 0.05) is 30.0 Å². The highest BCUT2D eigenvalue weighted by molar-refractivity contribution is 6.10. The third-order valence-corrected chi connectivity index (χ3v) is 6.34. The number of hydrogen-bond donors (Lipinski definition) is 6. The van der Waals surface area contributed by atoms with Crippen LogP contribution < -0.4 is 21.1 Å². The minimum atomic E-state index is -0.610. The number of carbonyl (C=O) groups is 1. The number of amides is 1. The molecule has 2 saturated carbocycles. The maximum absolute atomic E-state index is 12.9. The summed E-state index contributed by atoms with van der Waals surface area (Å²) in [4.78, 5) is 12.9. The lowest BCUT2D eigenvalue weighted by atomic mass is 9.84. The number of nitrogen functional groups attached to an aromatic ring is 1. The number of nitrogens with one attached hydrogen (secondary N) is 3. The first-order valence-corrected chi connectivity index (χ1v) is 11.4. The van der Waals surface area contributed by atoms with Crippen LogP contribution in [0.15, 0.2) is 53.6 Å². The summed E-state index contributed by atoms with van der Waals surface area (Å²) in [5, 5.41) is 34.8. The van der Waals surface area contributed by atoms with E-state index in [1.807, 2.05) is 6.92 Å². The van der Waals surface area contributed by atoms with Crippen molar-refractivity contribution >= 4 is 17.4 Å². The van der Waals surface area contributed by atoms with Gasteiger partial charge in [-0.25, -0.2) is 0 Å². The fourth-order valence-electron chi connectivity index (χ4n) is 3.92. The highest BCUT2D eigenvalue weighted by Crippen LogP contribution is 2.31. The molecule has 1 aromatic rings. The molecule has 33 heavy (non-hydrogen) atoms. The normalized spacial score (nSPS) is 26.4. The van der Waals surface area contributed by atoms with Gasteiger partial charge >= 0.3 is 5.82 Å². The van der Waals surface area contributed by atoms with Crippen LogP contribution in [0, 0.1) is 11.3 Å². The maximum Gasteiger partial charge on any atom is 0.312 e. The second-order valence-corrected chi connectivity index (χ2v) is 9.37. The quantitative estimate of drug-likeness (QED) is 0.274. The predicted molar refractivity (Wildman–Crippen MR) is 122 cm³/mol. The fraction of sp³-hybridized carbons (Fsp3) is 0.458. The zero-order valence-electron chi connectivity index (χ0n) is 18.8. The van der Waals surface area contributed by atoms with Crippen molar-refractivity contribution in [3.8, 4) is 0 Å². The lowest BCUT2D eigenvalue weighted by molar-refractivity contribution is -0.894. The first kappa shape index (κ1) is 22.8. The number of carbonyl (C=O) groups excluding carboxylic acids is 1. The number of nitrogens with zero attached hydrogens (tertiary/aromatic N) is 1. The SMILES string of the molecule is C[C@]1(O)CC[C@H](N/C=C2/C=C(NC(=O)c3cccc(N)[n+]3O)C(OCC3CC3)=CC2=N)CC1. The van der Waals surface area contributed by atoms with Gasteiger partial charge in [-0.05, 0) is 74.3 Å². The van der Waals surface area contributed by atoms with Gasteiger partial charge in [0.25, 0.3) is 5.91 Å². The minimum absolute atomic E-state index is 0.0176. The topological polar surface area (TPSA) is 145 Å². The lowest BCUT2D eigenvalue weighted by Gasteiger charge is -2.33. The van der Waals surface area contributed by atoms with Crippen LogP contribution in [0.1, 0.15) is 55.9 Å². The standard InChI is InChI=1S/C24H31N5O4/c1-24(31)9-7-17(8-10-24)27-13-16-11-19(21(12-18(16)25)33-14-15-5-6-15)28-23(30)20-3-2-4-22(26)29(20)32/h2-4,11-13,15,17,31-32H,5-10,14H2,1H3,(H4,25,26,27,28,30)/p+1/t17-,24-. The van der Waals surface area contributed by atoms with E-state index < -0.39 is 11.5 Å². The Morgan fingerprint density at radius 2 is 2.03 bits per heavy atom. The first-order chi connectivity index (χ1) is 15.7. The Kier molecular flexibility index (Phi) is 6.42. The molecule has 0 spiro atoms. The van der Waals surface area contributed by atoms with Crippen molar-refractivity contribution in [1.29, 1.82) is 5.41 Å². The van der Waals surface area contributed by atoms with E-state index in [1.165, 1.54) is 12.1 Å². The van der Waals surface area contributed by atoms with Crippen LogP contribution in [-0.4, -0.2) is 40.2 Å². The summed E-state index contributed by atoms with van der Waals surface area (Å²) in [6.07, 6.45) is 10.4. The number of pyridine rings is 1. The number of aromatic nitrogens is 1. The molecule has 0 aliphatic heterocycles. The molecule has 9 heteroatoms. The van der Waals surface area contributed by atoms with Crippen LogP contribution in [-0.2, 0) is 4.74 Å². The van der Waals surface area contributed by atoms with Crippen LogP contribution >= 0.6 is 0 Å². The van der Waals surface area contributed by atoms with Crippen LogP contribution in [0.3, 0.4) is 0 Å². The fourth-order valence-corrected chi connectivity index (χ4v) is 3.92. The molecule has 9 nitrogen and oxygen atoms in total. The van der Waals surface area contributed by atoms with Crippen molar-refractivity contribution in [3.05, 3.63) is 59.3 Å². The van der Waals surface area contributed by atoms with Crippen molar-refractivity contribution in [2.75, 3.05) is 12.3 Å². The number of ether oxygens (including phenoxy) is 1. The third-order valence-electron chi connectivity index (χ3n) is 6.34. The molecule has 0 radical (unpaired) electrons. The van der Waals surface area contributed by atoms with Crippen molar-refractivity contribution in [2.45, 2.75) is 57.1 Å². The number of anilines is 1. The van der Waals surface area contributed by atoms with Crippen molar-refractivity contribution in [3.63, 3.8) is 0 Å². The number of aliphatic hydroxyl groups is 1. The summed E-state index contributed by atoms with van der Waals surface area (Å²) in [7, 11) is 0. The summed E-state index contributed by atoms with van der Waals surface area (Å²) < 4.78 is 6.54. The lowest BCUT2D eigenvalue weighted by Crippen LogP contribution is -2.44. The van der Waals surface area contributed by atoms with E-state index in [0.29, 0.717) is 34.3 Å². The Balaban J connectivity index is 1.51. The molecule has 0 bridgehead atoms. The molecule has 0 atom stereocenters. The Hall–Kier alpha value is -3.33. The van der Waals surface area contributed by atoms with E-state index >= 15 is 0 Å². The second kappa shape index (κ2) is 9.27. The molecule has 0 saturated heterocycles. The first-order valence-electron chi connectivity index (χ1n) is 11.4. The number of hydrogen-bond acceptors (Lipinski definition) is 7. The maximum atomic E-state index is 12.9. The van der Waals surface area contributed by atoms with Gasteiger partial charge in [0.2, 0.25) is 5.69 Å². The number of allylic oxidation sites excluding steroid dienone is 3. The molecular formula is C24H32N5O4+. The van der Waals surface area contributed by atoms with E-state index in [-0.39, 0.29) is 23.3 Å². The molecule has 176 valence electrons. The molecule has 0 aromatic carbocycles. The van der Waals surface area contributed by atoms with Gasteiger partial charge in [-0.15, -0.1) is 0 Å². The van der Waals surface area contributed by atoms with Crippen molar-refractivity contribution in [2.24, 2.45) is 5.92 Å². The molecule has 1 aromatic heterocycles. The molecule has 1 heterocycles. The van der Waals surface area contributed by atoms with Crippen molar-refractivity contribution in [1.82, 2.24) is 10.6 Å². The van der Waals surface area contributed by atoms with Gasteiger partial charge in [-0.3, -0.25) is 10.5 Å². The van der Waals surface area contributed by atoms with Crippen LogP contribution in [0.4, 0.5) is 5.82 Å². The van der Waals surface area contributed by atoms with Crippen LogP contribution in [0.5, 0.6) is 0 Å². The number of nitrogens with two attached hydrogens (primary N) is 1. The van der Waals surface area contributed by atoms with E-state index in [0.717, 1.165) is 38.5 Å². The Bertz CT molecular complexity index is 1030. The molecule has 3 aliphatic rings. The Labute approximate surface area is 193 Å². The van der Waals surface area contributed by atoms with Crippen molar-refractivity contribution < 1.29 is 24.6 Å². The Morgan fingerprint density at radius 3 is 2.73 bits per heavy atom. The summed E-state index contributed by atoms with van der Waals surface area (Å²) in [5.74, 6) is 0.415.